The van der Waals surface area contributed by atoms with Gasteiger partial charge in [-0.1, -0.05) is 42.8 Å². The monoisotopic (exact) mass is 378 g/mol. The van der Waals surface area contributed by atoms with E-state index in [0.717, 1.165) is 24.1 Å². The first-order valence-electron chi connectivity index (χ1n) is 9.99. The lowest BCUT2D eigenvalue weighted by Gasteiger charge is -2.26. The predicted octanol–water partition coefficient (Wildman–Crippen LogP) is 3.12. The Balaban J connectivity index is 1.49. The standard InChI is InChI=1S/C22H26N4O2/c27-21(23-16-18-7-3-1-4-8-18)26-20-15-17(9-10-19(20)24-22(26)28)11-14-25-12-5-2-6-13-25/h1,3-4,7-10,15H,2,5-6,11-14,16H2,(H,23,27)(H,24,28). The molecule has 1 aromatic heterocycles. The van der Waals surface area contributed by atoms with Gasteiger partial charge in [-0.25, -0.2) is 14.2 Å². The van der Waals surface area contributed by atoms with Gasteiger partial charge in [-0.3, -0.25) is 0 Å². The number of carbonyl (C=O) groups excluding carboxylic acids is 1. The van der Waals surface area contributed by atoms with Crippen LogP contribution in [0.2, 0.25) is 0 Å². The summed E-state index contributed by atoms with van der Waals surface area (Å²) in [4.78, 5) is 30.3. The molecule has 1 fully saturated rings. The quantitative estimate of drug-likeness (QED) is 0.717. The number of aromatic nitrogens is 2. The molecule has 0 aliphatic carbocycles. The van der Waals surface area contributed by atoms with Crippen molar-refractivity contribution in [1.82, 2.24) is 19.8 Å². The molecular weight excluding hydrogens is 352 g/mol. The summed E-state index contributed by atoms with van der Waals surface area (Å²) in [5, 5.41) is 2.83. The molecule has 6 heteroatoms. The van der Waals surface area contributed by atoms with Crippen molar-refractivity contribution in [2.24, 2.45) is 0 Å². The van der Waals surface area contributed by atoms with Gasteiger partial charge in [0.1, 0.15) is 0 Å². The van der Waals surface area contributed by atoms with Crippen molar-refractivity contribution in [2.45, 2.75) is 32.2 Å². The molecule has 1 aliphatic rings. The highest BCUT2D eigenvalue weighted by atomic mass is 16.2. The third-order valence-corrected chi connectivity index (χ3v) is 5.40. The van der Waals surface area contributed by atoms with Crippen molar-refractivity contribution >= 4 is 17.1 Å². The number of aromatic amines is 1. The van der Waals surface area contributed by atoms with Crippen LogP contribution in [0.3, 0.4) is 0 Å². The number of hydrogen-bond acceptors (Lipinski definition) is 3. The first-order valence-corrected chi connectivity index (χ1v) is 9.99. The molecule has 0 saturated carbocycles. The summed E-state index contributed by atoms with van der Waals surface area (Å²) < 4.78 is 1.20. The summed E-state index contributed by atoms with van der Waals surface area (Å²) in [5.41, 5.74) is 3.04. The molecular formula is C22H26N4O2. The van der Waals surface area contributed by atoms with Crippen LogP contribution in [0.1, 0.15) is 30.4 Å². The summed E-state index contributed by atoms with van der Waals surface area (Å²) in [5.74, 6) is 0. The lowest BCUT2D eigenvalue weighted by Crippen LogP contribution is -2.34. The number of fused-ring (bicyclic) bond motifs is 1. The molecule has 0 unspecified atom stereocenters. The minimum Gasteiger partial charge on any atom is -0.333 e. The third-order valence-electron chi connectivity index (χ3n) is 5.40. The van der Waals surface area contributed by atoms with E-state index >= 15 is 0 Å². The van der Waals surface area contributed by atoms with Gasteiger partial charge in [0.25, 0.3) is 0 Å². The normalized spacial score (nSPS) is 15.0. The highest BCUT2D eigenvalue weighted by molar-refractivity contribution is 5.89. The minimum absolute atomic E-state index is 0.382. The molecule has 0 radical (unpaired) electrons. The Hall–Kier alpha value is -2.86. The Labute approximate surface area is 164 Å². The number of imidazole rings is 1. The maximum atomic E-state index is 12.7. The van der Waals surface area contributed by atoms with Gasteiger partial charge in [-0.2, -0.15) is 0 Å². The van der Waals surface area contributed by atoms with Gasteiger partial charge in [0.05, 0.1) is 11.0 Å². The van der Waals surface area contributed by atoms with Crippen molar-refractivity contribution in [3.63, 3.8) is 0 Å². The number of hydrogen-bond donors (Lipinski definition) is 2. The lowest BCUT2D eigenvalue weighted by molar-refractivity contribution is 0.231. The zero-order valence-corrected chi connectivity index (χ0v) is 16.0. The van der Waals surface area contributed by atoms with Crippen LogP contribution in [-0.4, -0.2) is 40.1 Å². The van der Waals surface area contributed by atoms with E-state index in [4.69, 9.17) is 0 Å². The number of carbonyl (C=O) groups is 1. The average Bonchev–Trinajstić information content (AvgIpc) is 3.07. The van der Waals surface area contributed by atoms with E-state index in [1.807, 2.05) is 48.5 Å². The minimum atomic E-state index is -0.409. The Morgan fingerprint density at radius 1 is 1.00 bits per heavy atom. The Kier molecular flexibility index (Phi) is 5.58. The van der Waals surface area contributed by atoms with Gasteiger partial charge in [-0.05, 0) is 55.6 Å². The van der Waals surface area contributed by atoms with Crippen molar-refractivity contribution < 1.29 is 4.79 Å². The van der Waals surface area contributed by atoms with Gasteiger partial charge >= 0.3 is 11.7 Å². The molecule has 146 valence electrons. The maximum absolute atomic E-state index is 12.7. The topological polar surface area (TPSA) is 70.1 Å². The van der Waals surface area contributed by atoms with Crippen molar-refractivity contribution in [2.75, 3.05) is 19.6 Å². The molecule has 28 heavy (non-hydrogen) atoms. The largest absolute Gasteiger partial charge is 0.334 e. The van der Waals surface area contributed by atoms with Crippen LogP contribution < -0.4 is 11.0 Å². The summed E-state index contributed by atoms with van der Waals surface area (Å²) >= 11 is 0. The molecule has 0 atom stereocenters. The van der Waals surface area contributed by atoms with E-state index in [9.17, 15) is 9.59 Å². The van der Waals surface area contributed by atoms with Crippen LogP contribution in [0.15, 0.2) is 53.3 Å². The van der Waals surface area contributed by atoms with E-state index in [1.165, 1.54) is 36.9 Å². The number of H-pyrrole nitrogens is 1. The summed E-state index contributed by atoms with van der Waals surface area (Å²) in [6, 6.07) is 15.1. The fourth-order valence-electron chi connectivity index (χ4n) is 3.83. The number of nitrogens with zero attached hydrogens (tertiary/aromatic N) is 2. The number of benzene rings is 2. The van der Waals surface area contributed by atoms with Crippen LogP contribution in [0.4, 0.5) is 4.79 Å². The fraction of sp³-hybridized carbons (Fsp3) is 0.364. The molecule has 0 bridgehead atoms. The second kappa shape index (κ2) is 8.44. The molecule has 6 nitrogen and oxygen atoms in total. The number of piperidine rings is 1. The van der Waals surface area contributed by atoms with Crippen LogP contribution in [0, 0.1) is 0 Å². The number of nitrogens with one attached hydrogen (secondary N) is 2. The molecule has 1 aliphatic heterocycles. The summed E-state index contributed by atoms with van der Waals surface area (Å²) in [6.07, 6.45) is 4.80. The van der Waals surface area contributed by atoms with Gasteiger partial charge in [0.15, 0.2) is 0 Å². The SMILES string of the molecule is O=C(NCc1ccccc1)n1c(=O)[nH]c2ccc(CCN3CCCCC3)cc21. The van der Waals surface area contributed by atoms with Crippen molar-refractivity contribution in [3.05, 3.63) is 70.1 Å². The first kappa shape index (κ1) is 18.5. The maximum Gasteiger partial charge on any atom is 0.334 e. The van der Waals surface area contributed by atoms with Crippen molar-refractivity contribution in [1.29, 1.82) is 0 Å². The van der Waals surface area contributed by atoms with Gasteiger partial charge in [0.2, 0.25) is 0 Å². The molecule has 3 aromatic rings. The van der Waals surface area contributed by atoms with Gasteiger partial charge in [-0.15, -0.1) is 0 Å². The highest BCUT2D eigenvalue weighted by Crippen LogP contribution is 2.15. The van der Waals surface area contributed by atoms with Crippen LogP contribution in [0.5, 0.6) is 0 Å². The fourth-order valence-corrected chi connectivity index (χ4v) is 3.83. The Morgan fingerprint density at radius 2 is 1.79 bits per heavy atom. The zero-order chi connectivity index (χ0) is 19.3. The number of likely N-dealkylation sites (tertiary alicyclic amines) is 1. The second-order valence-electron chi connectivity index (χ2n) is 7.41. The molecule has 2 heterocycles. The van der Waals surface area contributed by atoms with Crippen LogP contribution in [0.25, 0.3) is 11.0 Å². The van der Waals surface area contributed by atoms with E-state index in [0.29, 0.717) is 17.6 Å². The smallest absolute Gasteiger partial charge is 0.333 e. The average molecular weight is 378 g/mol. The van der Waals surface area contributed by atoms with Gasteiger partial charge in [0, 0.05) is 13.1 Å². The summed E-state index contributed by atoms with van der Waals surface area (Å²) in [7, 11) is 0. The zero-order valence-electron chi connectivity index (χ0n) is 16.0. The lowest BCUT2D eigenvalue weighted by atomic mass is 10.1. The van der Waals surface area contributed by atoms with E-state index < -0.39 is 11.7 Å². The van der Waals surface area contributed by atoms with Crippen molar-refractivity contribution in [3.8, 4) is 0 Å². The second-order valence-corrected chi connectivity index (χ2v) is 7.41. The summed E-state index contributed by atoms with van der Waals surface area (Å²) in [6.45, 7) is 3.73. The molecule has 4 rings (SSSR count). The molecule has 1 amide bonds. The van der Waals surface area contributed by atoms with Gasteiger partial charge < -0.3 is 15.2 Å². The molecule has 0 spiro atoms. The number of rotatable bonds is 5. The van der Waals surface area contributed by atoms with Crippen LogP contribution in [-0.2, 0) is 13.0 Å². The highest BCUT2D eigenvalue weighted by Gasteiger charge is 2.15. The third kappa shape index (κ3) is 4.17. The molecule has 2 aromatic carbocycles. The van der Waals surface area contributed by atoms with E-state index in [-0.39, 0.29) is 0 Å². The molecule has 2 N–H and O–H groups in total. The van der Waals surface area contributed by atoms with Crippen LogP contribution >= 0.6 is 0 Å². The van der Waals surface area contributed by atoms with E-state index in [1.54, 1.807) is 0 Å². The molecule has 1 saturated heterocycles. The number of amides is 1. The first-order chi connectivity index (χ1) is 13.7. The Morgan fingerprint density at radius 3 is 2.57 bits per heavy atom. The predicted molar refractivity (Wildman–Crippen MR) is 111 cm³/mol. The van der Waals surface area contributed by atoms with E-state index in [2.05, 4.69) is 15.2 Å². The Bertz CT molecular complexity index is 1000.